The van der Waals surface area contributed by atoms with Gasteiger partial charge < -0.3 is 14.2 Å². The van der Waals surface area contributed by atoms with E-state index in [0.717, 1.165) is 5.56 Å². The van der Waals surface area contributed by atoms with Crippen LogP contribution in [0.4, 0.5) is 0 Å². The Morgan fingerprint density at radius 1 is 0.920 bits per heavy atom. The van der Waals surface area contributed by atoms with Crippen LogP contribution in [0.15, 0.2) is 47.6 Å². The molecule has 0 aliphatic heterocycles. The van der Waals surface area contributed by atoms with Gasteiger partial charge >= 0.3 is 5.97 Å². The van der Waals surface area contributed by atoms with Crippen LogP contribution in [-0.2, 0) is 4.74 Å². The Morgan fingerprint density at radius 2 is 1.56 bits per heavy atom. The second kappa shape index (κ2) is 8.49. The molecule has 0 saturated heterocycles. The second-order valence-electron chi connectivity index (χ2n) is 4.88. The zero-order chi connectivity index (χ0) is 18.2. The molecule has 0 bridgehead atoms. The van der Waals surface area contributed by atoms with Gasteiger partial charge in [0.05, 0.1) is 33.1 Å². The van der Waals surface area contributed by atoms with Crippen LogP contribution in [0.1, 0.15) is 26.3 Å². The van der Waals surface area contributed by atoms with Crippen molar-refractivity contribution in [3.8, 4) is 11.5 Å². The predicted octanol–water partition coefficient (Wildman–Crippen LogP) is 2.25. The zero-order valence-electron chi connectivity index (χ0n) is 14.1. The fraction of sp³-hybridized carbons (Fsp3) is 0.167. The molecule has 7 nitrogen and oxygen atoms in total. The highest BCUT2D eigenvalue weighted by atomic mass is 16.5. The number of carbonyl (C=O) groups is 2. The van der Waals surface area contributed by atoms with Crippen molar-refractivity contribution >= 4 is 18.1 Å². The van der Waals surface area contributed by atoms with Crippen LogP contribution in [0, 0.1) is 0 Å². The van der Waals surface area contributed by atoms with Crippen LogP contribution in [-0.4, -0.2) is 39.4 Å². The maximum absolute atomic E-state index is 12.1. The number of rotatable bonds is 6. The standard InChI is InChI=1S/C18H18N2O5/c1-23-15-9-8-14(10-16(15)24-2)17(21)20-19-11-12-4-6-13(7-5-12)18(22)25-3/h4-11H,1-3H3,(H,20,21). The van der Waals surface area contributed by atoms with E-state index in [2.05, 4.69) is 15.3 Å². The lowest BCUT2D eigenvalue weighted by Crippen LogP contribution is -2.17. The summed E-state index contributed by atoms with van der Waals surface area (Å²) in [5, 5.41) is 3.90. The average Bonchev–Trinajstić information content (AvgIpc) is 2.67. The number of hydrogen-bond acceptors (Lipinski definition) is 6. The number of nitrogens with zero attached hydrogens (tertiary/aromatic N) is 1. The molecule has 2 aromatic rings. The monoisotopic (exact) mass is 342 g/mol. The first-order valence-corrected chi connectivity index (χ1v) is 7.33. The van der Waals surface area contributed by atoms with E-state index < -0.39 is 5.97 Å². The molecule has 0 saturated carbocycles. The Hall–Kier alpha value is -3.35. The Kier molecular flexibility index (Phi) is 6.11. The molecular weight excluding hydrogens is 324 g/mol. The Morgan fingerprint density at radius 3 is 2.16 bits per heavy atom. The zero-order valence-corrected chi connectivity index (χ0v) is 14.1. The molecule has 25 heavy (non-hydrogen) atoms. The normalized spacial score (nSPS) is 10.4. The summed E-state index contributed by atoms with van der Waals surface area (Å²) in [6.45, 7) is 0. The molecule has 2 rings (SSSR count). The fourth-order valence-corrected chi connectivity index (χ4v) is 2.03. The SMILES string of the molecule is COC(=O)c1ccc(C=NNC(=O)c2ccc(OC)c(OC)c2)cc1. The van der Waals surface area contributed by atoms with Crippen molar-refractivity contribution in [3.05, 3.63) is 59.2 Å². The molecule has 0 spiro atoms. The third-order valence-electron chi connectivity index (χ3n) is 3.36. The van der Waals surface area contributed by atoms with Gasteiger partial charge in [0.25, 0.3) is 5.91 Å². The molecule has 0 aromatic heterocycles. The van der Waals surface area contributed by atoms with Crippen molar-refractivity contribution in [1.29, 1.82) is 0 Å². The summed E-state index contributed by atoms with van der Waals surface area (Å²) in [7, 11) is 4.34. The van der Waals surface area contributed by atoms with Gasteiger partial charge in [0.15, 0.2) is 11.5 Å². The van der Waals surface area contributed by atoms with E-state index in [1.54, 1.807) is 42.5 Å². The van der Waals surface area contributed by atoms with Crippen molar-refractivity contribution in [3.63, 3.8) is 0 Å². The lowest BCUT2D eigenvalue weighted by molar-refractivity contribution is 0.0600. The van der Waals surface area contributed by atoms with Gasteiger partial charge in [-0.15, -0.1) is 0 Å². The van der Waals surface area contributed by atoms with E-state index in [1.807, 2.05) is 0 Å². The molecular formula is C18H18N2O5. The van der Waals surface area contributed by atoms with Gasteiger partial charge in [-0.2, -0.15) is 5.10 Å². The van der Waals surface area contributed by atoms with Crippen LogP contribution in [0.3, 0.4) is 0 Å². The Bertz CT molecular complexity index is 785. The van der Waals surface area contributed by atoms with E-state index in [-0.39, 0.29) is 5.91 Å². The van der Waals surface area contributed by atoms with E-state index in [0.29, 0.717) is 22.6 Å². The van der Waals surface area contributed by atoms with Gasteiger partial charge in [0.2, 0.25) is 0 Å². The number of nitrogens with one attached hydrogen (secondary N) is 1. The number of carbonyl (C=O) groups excluding carboxylic acids is 2. The Labute approximate surface area is 145 Å². The van der Waals surface area contributed by atoms with Crippen LogP contribution < -0.4 is 14.9 Å². The van der Waals surface area contributed by atoms with Crippen molar-refractivity contribution in [1.82, 2.24) is 5.43 Å². The molecule has 0 heterocycles. The third-order valence-corrected chi connectivity index (χ3v) is 3.36. The minimum atomic E-state index is -0.412. The second-order valence-corrected chi connectivity index (χ2v) is 4.88. The van der Waals surface area contributed by atoms with Crippen LogP contribution in [0.5, 0.6) is 11.5 Å². The van der Waals surface area contributed by atoms with Crippen molar-refractivity contribution in [2.24, 2.45) is 5.10 Å². The number of esters is 1. The summed E-state index contributed by atoms with van der Waals surface area (Å²) in [5.74, 6) is 0.194. The summed E-state index contributed by atoms with van der Waals surface area (Å²) in [6.07, 6.45) is 1.47. The topological polar surface area (TPSA) is 86.2 Å². The van der Waals surface area contributed by atoms with Gasteiger partial charge in [-0.05, 0) is 35.9 Å². The van der Waals surface area contributed by atoms with Crippen molar-refractivity contribution < 1.29 is 23.8 Å². The van der Waals surface area contributed by atoms with Crippen molar-refractivity contribution in [2.75, 3.05) is 21.3 Å². The minimum Gasteiger partial charge on any atom is -0.493 e. The van der Waals surface area contributed by atoms with Crippen LogP contribution in [0.2, 0.25) is 0 Å². The van der Waals surface area contributed by atoms with Gasteiger partial charge in [-0.25, -0.2) is 10.2 Å². The summed E-state index contributed by atoms with van der Waals surface area (Å²) >= 11 is 0. The van der Waals surface area contributed by atoms with Gasteiger partial charge in [0, 0.05) is 5.56 Å². The largest absolute Gasteiger partial charge is 0.493 e. The molecule has 2 aromatic carbocycles. The number of benzene rings is 2. The quantitative estimate of drug-likeness (QED) is 0.494. The smallest absolute Gasteiger partial charge is 0.337 e. The highest BCUT2D eigenvalue weighted by Gasteiger charge is 2.10. The Balaban J connectivity index is 2.01. The molecule has 130 valence electrons. The third kappa shape index (κ3) is 4.57. The van der Waals surface area contributed by atoms with Crippen LogP contribution in [0.25, 0.3) is 0 Å². The summed E-state index contributed by atoms with van der Waals surface area (Å²) in [4.78, 5) is 23.5. The number of amides is 1. The average molecular weight is 342 g/mol. The van der Waals surface area contributed by atoms with E-state index >= 15 is 0 Å². The van der Waals surface area contributed by atoms with Gasteiger partial charge in [-0.3, -0.25) is 4.79 Å². The molecule has 0 aliphatic rings. The number of hydrogen-bond donors (Lipinski definition) is 1. The molecule has 0 fully saturated rings. The predicted molar refractivity (Wildman–Crippen MR) is 92.4 cm³/mol. The lowest BCUT2D eigenvalue weighted by Gasteiger charge is -2.08. The summed E-state index contributed by atoms with van der Waals surface area (Å²) < 4.78 is 14.9. The molecule has 0 radical (unpaired) electrons. The summed E-state index contributed by atoms with van der Waals surface area (Å²) in [5.41, 5.74) is 3.97. The highest BCUT2D eigenvalue weighted by molar-refractivity contribution is 5.95. The van der Waals surface area contributed by atoms with E-state index in [1.165, 1.54) is 27.5 Å². The van der Waals surface area contributed by atoms with E-state index in [9.17, 15) is 9.59 Å². The molecule has 0 atom stereocenters. The number of hydrazone groups is 1. The molecule has 7 heteroatoms. The maximum Gasteiger partial charge on any atom is 0.337 e. The first kappa shape index (κ1) is 18.0. The molecule has 0 aliphatic carbocycles. The van der Waals surface area contributed by atoms with Crippen molar-refractivity contribution in [2.45, 2.75) is 0 Å². The molecule has 0 unspecified atom stereocenters. The fourth-order valence-electron chi connectivity index (χ4n) is 2.03. The van der Waals surface area contributed by atoms with Gasteiger partial charge in [-0.1, -0.05) is 12.1 Å². The maximum atomic E-state index is 12.1. The summed E-state index contributed by atoms with van der Waals surface area (Å²) in [6, 6.07) is 11.4. The lowest BCUT2D eigenvalue weighted by atomic mass is 10.1. The number of ether oxygens (including phenoxy) is 3. The minimum absolute atomic E-state index is 0.385. The van der Waals surface area contributed by atoms with Gasteiger partial charge in [0.1, 0.15) is 0 Å². The van der Waals surface area contributed by atoms with E-state index in [4.69, 9.17) is 9.47 Å². The number of methoxy groups -OCH3 is 3. The first-order valence-electron chi connectivity index (χ1n) is 7.33. The molecule has 1 amide bonds. The molecule has 1 N–H and O–H groups in total. The van der Waals surface area contributed by atoms with Crippen LogP contribution >= 0.6 is 0 Å². The first-order chi connectivity index (χ1) is 12.1. The highest BCUT2D eigenvalue weighted by Crippen LogP contribution is 2.27.